The van der Waals surface area contributed by atoms with Crippen molar-refractivity contribution in [2.24, 2.45) is 5.92 Å². The van der Waals surface area contributed by atoms with E-state index in [1.165, 1.54) is 18.9 Å². The maximum Gasteiger partial charge on any atom is 0.248 e. The average molecular weight is 431 g/mol. The third-order valence-electron chi connectivity index (χ3n) is 4.90. The lowest BCUT2D eigenvalue weighted by molar-refractivity contribution is -0.142. The number of hydrogen-bond acceptors (Lipinski definition) is 7. The molecule has 3 atom stereocenters. The van der Waals surface area contributed by atoms with Gasteiger partial charge in [-0.05, 0) is 12.3 Å². The summed E-state index contributed by atoms with van der Waals surface area (Å²) < 4.78 is 16.2. The Bertz CT molecular complexity index is 541. The molecule has 1 aliphatic heterocycles. The highest BCUT2D eigenvalue weighted by molar-refractivity contribution is 5.78. The van der Waals surface area contributed by atoms with E-state index in [1.54, 1.807) is 17.1 Å². The first-order valence-corrected chi connectivity index (χ1v) is 10.5. The molecule has 1 aliphatic rings. The molecule has 0 fully saturated rings. The van der Waals surface area contributed by atoms with Crippen molar-refractivity contribution in [1.82, 2.24) is 9.80 Å². The number of rotatable bonds is 6. The Kier molecular flexibility index (Phi) is 12.8. The molecule has 0 aromatic rings. The average Bonchev–Trinajstić information content (AvgIpc) is 2.68. The molecule has 9 nitrogen and oxygen atoms in total. The van der Waals surface area contributed by atoms with Crippen LogP contribution in [0.25, 0.3) is 0 Å². The Labute approximate surface area is 179 Å². The van der Waals surface area contributed by atoms with Gasteiger partial charge in [0.15, 0.2) is 0 Å². The third-order valence-corrected chi connectivity index (χ3v) is 4.90. The highest BCUT2D eigenvalue weighted by Crippen LogP contribution is 2.12. The van der Waals surface area contributed by atoms with Gasteiger partial charge in [0.25, 0.3) is 0 Å². The van der Waals surface area contributed by atoms with Gasteiger partial charge in [-0.2, -0.15) is 0 Å². The molecule has 0 unspecified atom stereocenters. The summed E-state index contributed by atoms with van der Waals surface area (Å²) in [6.07, 6.45) is 1.21. The number of carbonyl (C=O) groups excluding carboxylic acids is 2. The zero-order valence-electron chi connectivity index (χ0n) is 18.7. The Morgan fingerprint density at radius 1 is 1.20 bits per heavy atom. The van der Waals surface area contributed by atoms with Gasteiger partial charge in [-0.15, -0.1) is 0 Å². The summed E-state index contributed by atoms with van der Waals surface area (Å²) in [5.41, 5.74) is 0. The van der Waals surface area contributed by atoms with E-state index in [0.29, 0.717) is 25.6 Å². The van der Waals surface area contributed by atoms with Crippen LogP contribution in [0.3, 0.4) is 0 Å². The van der Waals surface area contributed by atoms with Crippen LogP contribution in [0.4, 0.5) is 0 Å². The van der Waals surface area contributed by atoms with Gasteiger partial charge in [0, 0.05) is 46.8 Å². The highest BCUT2D eigenvalue weighted by atomic mass is 16.5. The predicted molar refractivity (Wildman–Crippen MR) is 112 cm³/mol. The van der Waals surface area contributed by atoms with E-state index in [9.17, 15) is 19.8 Å². The molecule has 1 heterocycles. The summed E-state index contributed by atoms with van der Waals surface area (Å²) >= 11 is 0. The first kappa shape index (κ1) is 26.5. The van der Waals surface area contributed by atoms with Crippen LogP contribution >= 0.6 is 0 Å². The van der Waals surface area contributed by atoms with Crippen molar-refractivity contribution in [3.63, 3.8) is 0 Å². The number of hydrogen-bond donors (Lipinski definition) is 2. The minimum absolute atomic E-state index is 0.0454. The number of ether oxygens (including phenoxy) is 3. The lowest BCUT2D eigenvalue weighted by atomic mass is 10.1. The van der Waals surface area contributed by atoms with Gasteiger partial charge in [0.2, 0.25) is 11.8 Å². The number of carbonyl (C=O) groups is 2. The number of nitrogens with zero attached hydrogens (tertiary/aromatic N) is 2. The molecular formula is C21H38N2O7. The van der Waals surface area contributed by atoms with Crippen molar-refractivity contribution < 1.29 is 34.0 Å². The second-order valence-electron chi connectivity index (χ2n) is 7.90. The number of methoxy groups -OCH3 is 1. The quantitative estimate of drug-likeness (QED) is 0.573. The monoisotopic (exact) mass is 430 g/mol. The van der Waals surface area contributed by atoms with Gasteiger partial charge in [-0.25, -0.2) is 0 Å². The van der Waals surface area contributed by atoms with Crippen LogP contribution in [-0.2, 0) is 23.8 Å². The standard InChI is InChI=1S/C21H38N2O7/c1-16(2)7-12-30-19-13-23(17(3)24)10-9-22(20(26)15-28-4)8-5-6-11-29-14-18(25)21(19)27/h5-6,16,18-19,21,25,27H,7-15H2,1-4H3/b6-5-/t18-,19-,21-/m0/s1. The zero-order chi connectivity index (χ0) is 22.5. The minimum Gasteiger partial charge on any atom is -0.388 e. The molecule has 174 valence electrons. The fourth-order valence-electron chi connectivity index (χ4n) is 2.96. The van der Waals surface area contributed by atoms with Crippen molar-refractivity contribution in [3.8, 4) is 0 Å². The van der Waals surface area contributed by atoms with E-state index < -0.39 is 18.3 Å². The predicted octanol–water partition coefficient (Wildman–Crippen LogP) is 0.0494. The molecule has 0 saturated heterocycles. The van der Waals surface area contributed by atoms with Crippen molar-refractivity contribution in [1.29, 1.82) is 0 Å². The molecule has 9 heteroatoms. The second-order valence-corrected chi connectivity index (χ2v) is 7.90. The van der Waals surface area contributed by atoms with Gasteiger partial charge in [-0.3, -0.25) is 9.59 Å². The van der Waals surface area contributed by atoms with Crippen molar-refractivity contribution in [2.45, 2.75) is 45.5 Å². The van der Waals surface area contributed by atoms with E-state index in [1.807, 2.05) is 0 Å². The molecule has 2 N–H and O–H groups in total. The van der Waals surface area contributed by atoms with Crippen LogP contribution in [0.2, 0.25) is 0 Å². The fourth-order valence-corrected chi connectivity index (χ4v) is 2.96. The first-order chi connectivity index (χ1) is 14.3. The van der Waals surface area contributed by atoms with E-state index in [-0.39, 0.29) is 44.7 Å². The van der Waals surface area contributed by atoms with Gasteiger partial charge in [0.1, 0.15) is 24.9 Å². The molecule has 0 aromatic carbocycles. The Morgan fingerprint density at radius 3 is 2.53 bits per heavy atom. The van der Waals surface area contributed by atoms with Crippen LogP contribution in [0.15, 0.2) is 12.2 Å². The van der Waals surface area contributed by atoms with Gasteiger partial charge >= 0.3 is 0 Å². The first-order valence-electron chi connectivity index (χ1n) is 10.5. The summed E-state index contributed by atoms with van der Waals surface area (Å²) in [5.74, 6) is 0.0380. The van der Waals surface area contributed by atoms with E-state index in [4.69, 9.17) is 14.2 Å². The minimum atomic E-state index is -1.21. The Hall–Kier alpha value is -1.52. The maximum atomic E-state index is 12.3. The van der Waals surface area contributed by atoms with Crippen molar-refractivity contribution in [3.05, 3.63) is 12.2 Å². The Balaban J connectivity index is 2.98. The topological polar surface area (TPSA) is 109 Å². The molecule has 0 aliphatic carbocycles. The van der Waals surface area contributed by atoms with E-state index in [0.717, 1.165) is 6.42 Å². The molecule has 0 saturated carbocycles. The van der Waals surface area contributed by atoms with Gasteiger partial charge in [0.05, 0.1) is 13.2 Å². The summed E-state index contributed by atoms with van der Waals surface area (Å²) in [7, 11) is 1.46. The number of aliphatic hydroxyl groups is 2. The number of aliphatic hydroxyl groups excluding tert-OH is 2. The van der Waals surface area contributed by atoms with Crippen LogP contribution < -0.4 is 0 Å². The third kappa shape index (κ3) is 9.99. The van der Waals surface area contributed by atoms with Gasteiger partial charge < -0.3 is 34.2 Å². The highest BCUT2D eigenvalue weighted by Gasteiger charge is 2.30. The lowest BCUT2D eigenvalue weighted by Crippen LogP contribution is -2.50. The lowest BCUT2D eigenvalue weighted by Gasteiger charge is -2.33. The molecule has 2 amide bonds. The Morgan fingerprint density at radius 2 is 1.90 bits per heavy atom. The van der Waals surface area contributed by atoms with Crippen molar-refractivity contribution >= 4 is 11.8 Å². The SMILES string of the molecule is COCC(=O)N1C/C=C\COC[C@H](O)[C@H](O)[C@@H](OCCC(C)C)CN(C(C)=O)CC1. The smallest absolute Gasteiger partial charge is 0.248 e. The molecule has 0 spiro atoms. The normalized spacial score (nSPS) is 25.8. The second kappa shape index (κ2) is 14.5. The number of amides is 2. The van der Waals surface area contributed by atoms with Crippen LogP contribution in [0, 0.1) is 5.92 Å². The molecule has 0 radical (unpaired) electrons. The fraction of sp³-hybridized carbons (Fsp3) is 0.810. The summed E-state index contributed by atoms with van der Waals surface area (Å²) in [4.78, 5) is 27.7. The van der Waals surface area contributed by atoms with Gasteiger partial charge in [-0.1, -0.05) is 26.0 Å². The molecular weight excluding hydrogens is 392 g/mol. The van der Waals surface area contributed by atoms with E-state index in [2.05, 4.69) is 13.8 Å². The summed E-state index contributed by atoms with van der Waals surface area (Å²) in [5, 5.41) is 20.9. The van der Waals surface area contributed by atoms with E-state index >= 15 is 0 Å². The molecule has 1 rings (SSSR count). The van der Waals surface area contributed by atoms with Crippen molar-refractivity contribution in [2.75, 3.05) is 59.7 Å². The zero-order valence-corrected chi connectivity index (χ0v) is 18.7. The maximum absolute atomic E-state index is 12.3. The van der Waals surface area contributed by atoms with Crippen LogP contribution in [0.1, 0.15) is 27.2 Å². The molecule has 0 bridgehead atoms. The molecule has 0 aromatic heterocycles. The van der Waals surface area contributed by atoms with Crippen LogP contribution in [-0.4, -0.2) is 110 Å². The summed E-state index contributed by atoms with van der Waals surface area (Å²) in [6, 6.07) is 0. The van der Waals surface area contributed by atoms with Crippen LogP contribution in [0.5, 0.6) is 0 Å². The summed E-state index contributed by atoms with van der Waals surface area (Å²) in [6.45, 7) is 7.15. The molecule has 30 heavy (non-hydrogen) atoms. The largest absolute Gasteiger partial charge is 0.388 e.